The van der Waals surface area contributed by atoms with Crippen LogP contribution in [-0.4, -0.2) is 30.9 Å². The standard InChI is InChI=1S/C16H22Br2N2O3/c1-16(2,3)23-15(21)20-10-5-9(6-10)19-13-8-14(22-4)12(18)7-11(13)17/h7-10,19H,5-6H2,1-4H3,(H,20,21). The van der Waals surface area contributed by atoms with Crippen LogP contribution in [0.15, 0.2) is 21.1 Å². The summed E-state index contributed by atoms with van der Waals surface area (Å²) in [6, 6.07) is 4.37. The van der Waals surface area contributed by atoms with Crippen molar-refractivity contribution in [1.29, 1.82) is 0 Å². The number of amides is 1. The topological polar surface area (TPSA) is 59.6 Å². The predicted molar refractivity (Wildman–Crippen MR) is 98.2 cm³/mol. The quantitative estimate of drug-likeness (QED) is 0.700. The fourth-order valence-corrected chi connectivity index (χ4v) is 3.61. The summed E-state index contributed by atoms with van der Waals surface area (Å²) in [7, 11) is 1.64. The number of carbonyl (C=O) groups excluding carboxylic acids is 1. The van der Waals surface area contributed by atoms with Gasteiger partial charge in [0.25, 0.3) is 0 Å². The molecule has 1 aromatic carbocycles. The molecule has 1 saturated carbocycles. The molecule has 0 unspecified atom stereocenters. The zero-order valence-electron chi connectivity index (χ0n) is 13.7. The molecule has 1 aromatic rings. The summed E-state index contributed by atoms with van der Waals surface area (Å²) in [5.74, 6) is 0.776. The Bertz CT molecular complexity index is 581. The Morgan fingerprint density at radius 2 is 1.83 bits per heavy atom. The van der Waals surface area contributed by atoms with Gasteiger partial charge in [-0.25, -0.2) is 4.79 Å². The second-order valence-electron chi connectivity index (χ2n) is 6.62. The highest BCUT2D eigenvalue weighted by atomic mass is 79.9. The van der Waals surface area contributed by atoms with Gasteiger partial charge in [-0.1, -0.05) is 0 Å². The number of alkyl carbamates (subject to hydrolysis) is 1. The van der Waals surface area contributed by atoms with Crippen molar-refractivity contribution >= 4 is 43.6 Å². The van der Waals surface area contributed by atoms with Gasteiger partial charge in [0, 0.05) is 22.6 Å². The number of benzene rings is 1. The fraction of sp³-hybridized carbons (Fsp3) is 0.562. The van der Waals surface area contributed by atoms with Crippen LogP contribution in [0.25, 0.3) is 0 Å². The monoisotopic (exact) mass is 448 g/mol. The van der Waals surface area contributed by atoms with Gasteiger partial charge in [-0.05, 0) is 71.5 Å². The van der Waals surface area contributed by atoms with E-state index in [1.165, 1.54) is 0 Å². The largest absolute Gasteiger partial charge is 0.495 e. The molecule has 0 aromatic heterocycles. The van der Waals surface area contributed by atoms with Gasteiger partial charge in [0.2, 0.25) is 0 Å². The fourth-order valence-electron chi connectivity index (χ4n) is 2.34. The molecule has 1 amide bonds. The van der Waals surface area contributed by atoms with E-state index in [1.54, 1.807) is 7.11 Å². The lowest BCUT2D eigenvalue weighted by atomic mass is 9.86. The van der Waals surface area contributed by atoms with E-state index in [2.05, 4.69) is 42.5 Å². The molecular weight excluding hydrogens is 428 g/mol. The number of halogens is 2. The Labute approximate surface area is 153 Å². The lowest BCUT2D eigenvalue weighted by Gasteiger charge is -2.37. The number of nitrogens with one attached hydrogen (secondary N) is 2. The maximum Gasteiger partial charge on any atom is 0.407 e. The van der Waals surface area contributed by atoms with Crippen molar-refractivity contribution in [3.05, 3.63) is 21.1 Å². The summed E-state index contributed by atoms with van der Waals surface area (Å²) in [6.45, 7) is 5.57. The molecule has 0 radical (unpaired) electrons. The van der Waals surface area contributed by atoms with Gasteiger partial charge in [0.1, 0.15) is 11.4 Å². The van der Waals surface area contributed by atoms with Crippen LogP contribution in [0.1, 0.15) is 33.6 Å². The van der Waals surface area contributed by atoms with E-state index in [9.17, 15) is 4.79 Å². The number of anilines is 1. The average Bonchev–Trinajstić information content (AvgIpc) is 2.36. The maximum absolute atomic E-state index is 11.7. The van der Waals surface area contributed by atoms with Crippen molar-refractivity contribution < 1.29 is 14.3 Å². The van der Waals surface area contributed by atoms with E-state index in [-0.39, 0.29) is 12.1 Å². The van der Waals surface area contributed by atoms with Crippen molar-refractivity contribution in [1.82, 2.24) is 5.32 Å². The van der Waals surface area contributed by atoms with Crippen LogP contribution < -0.4 is 15.4 Å². The number of carbonyl (C=O) groups is 1. The Morgan fingerprint density at radius 3 is 2.39 bits per heavy atom. The highest BCUT2D eigenvalue weighted by Gasteiger charge is 2.32. The molecule has 7 heteroatoms. The second-order valence-corrected chi connectivity index (χ2v) is 8.33. The molecule has 0 spiro atoms. The molecule has 23 heavy (non-hydrogen) atoms. The molecule has 5 nitrogen and oxygen atoms in total. The Kier molecular flexibility index (Phi) is 5.84. The van der Waals surface area contributed by atoms with Gasteiger partial charge in [-0.15, -0.1) is 0 Å². The first kappa shape index (κ1) is 18.4. The first-order chi connectivity index (χ1) is 10.7. The van der Waals surface area contributed by atoms with Crippen LogP contribution in [0.3, 0.4) is 0 Å². The summed E-state index contributed by atoms with van der Waals surface area (Å²) in [5.41, 5.74) is 0.510. The zero-order chi connectivity index (χ0) is 17.2. The average molecular weight is 450 g/mol. The summed E-state index contributed by atoms with van der Waals surface area (Å²) < 4.78 is 12.4. The van der Waals surface area contributed by atoms with Gasteiger partial charge >= 0.3 is 6.09 Å². The van der Waals surface area contributed by atoms with E-state index < -0.39 is 5.60 Å². The second kappa shape index (κ2) is 7.30. The lowest BCUT2D eigenvalue weighted by molar-refractivity contribution is 0.0475. The predicted octanol–water partition coefficient (Wildman–Crippen LogP) is 4.69. The summed E-state index contributed by atoms with van der Waals surface area (Å²) >= 11 is 7.00. The minimum absolute atomic E-state index is 0.151. The van der Waals surface area contributed by atoms with Crippen molar-refractivity contribution in [3.63, 3.8) is 0 Å². The molecule has 0 saturated heterocycles. The Hall–Kier alpha value is -0.950. The first-order valence-electron chi connectivity index (χ1n) is 7.47. The normalized spacial score (nSPS) is 20.4. The van der Waals surface area contributed by atoms with Gasteiger partial charge in [-0.3, -0.25) is 0 Å². The highest BCUT2D eigenvalue weighted by Crippen LogP contribution is 2.36. The van der Waals surface area contributed by atoms with Crippen molar-refractivity contribution in [2.75, 3.05) is 12.4 Å². The van der Waals surface area contributed by atoms with Crippen LogP contribution in [0, 0.1) is 0 Å². The molecule has 2 N–H and O–H groups in total. The van der Waals surface area contributed by atoms with Crippen molar-refractivity contribution in [2.45, 2.75) is 51.3 Å². The Balaban J connectivity index is 1.83. The van der Waals surface area contributed by atoms with Gasteiger partial charge in [0.15, 0.2) is 0 Å². The van der Waals surface area contributed by atoms with Gasteiger partial charge in [0.05, 0.1) is 17.3 Å². The number of ether oxygens (including phenoxy) is 2. The van der Waals surface area contributed by atoms with Gasteiger partial charge in [-0.2, -0.15) is 0 Å². The third-order valence-electron chi connectivity index (χ3n) is 3.46. The summed E-state index contributed by atoms with van der Waals surface area (Å²) in [5, 5.41) is 6.35. The first-order valence-corrected chi connectivity index (χ1v) is 9.05. The molecule has 1 aliphatic carbocycles. The molecule has 1 aliphatic rings. The number of hydrogen-bond acceptors (Lipinski definition) is 4. The van der Waals surface area contributed by atoms with Crippen molar-refractivity contribution in [3.8, 4) is 5.75 Å². The lowest BCUT2D eigenvalue weighted by Crippen LogP contribution is -2.50. The smallest absolute Gasteiger partial charge is 0.407 e. The highest BCUT2D eigenvalue weighted by molar-refractivity contribution is 9.11. The van der Waals surface area contributed by atoms with Crippen LogP contribution in [0.5, 0.6) is 5.75 Å². The molecular formula is C16H22Br2N2O3. The SMILES string of the molecule is COc1cc(NC2CC(NC(=O)OC(C)(C)C)C2)c(Br)cc1Br. The molecule has 0 bridgehead atoms. The molecule has 1 fully saturated rings. The molecule has 0 heterocycles. The van der Waals surface area contributed by atoms with Crippen LogP contribution in [-0.2, 0) is 4.74 Å². The number of rotatable bonds is 4. The molecule has 0 aliphatic heterocycles. The minimum Gasteiger partial charge on any atom is -0.495 e. The summed E-state index contributed by atoms with van der Waals surface area (Å²) in [6.07, 6.45) is 1.38. The Morgan fingerprint density at radius 1 is 1.17 bits per heavy atom. The third kappa shape index (κ3) is 5.28. The zero-order valence-corrected chi connectivity index (χ0v) is 16.9. The number of methoxy groups -OCH3 is 1. The molecule has 128 valence electrons. The van der Waals surface area contributed by atoms with E-state index in [0.717, 1.165) is 33.2 Å². The maximum atomic E-state index is 11.7. The number of hydrogen-bond donors (Lipinski definition) is 2. The van der Waals surface area contributed by atoms with Crippen LogP contribution >= 0.6 is 31.9 Å². The third-order valence-corrected chi connectivity index (χ3v) is 4.74. The van der Waals surface area contributed by atoms with Crippen molar-refractivity contribution in [2.24, 2.45) is 0 Å². The van der Waals surface area contributed by atoms with E-state index >= 15 is 0 Å². The van der Waals surface area contributed by atoms with Crippen LogP contribution in [0.2, 0.25) is 0 Å². The molecule has 2 rings (SSSR count). The van der Waals surface area contributed by atoms with Gasteiger partial charge < -0.3 is 20.1 Å². The summed E-state index contributed by atoms with van der Waals surface area (Å²) in [4.78, 5) is 11.7. The van der Waals surface area contributed by atoms with E-state index in [0.29, 0.717) is 6.04 Å². The molecule has 0 atom stereocenters. The van der Waals surface area contributed by atoms with E-state index in [4.69, 9.17) is 9.47 Å². The van der Waals surface area contributed by atoms with E-state index in [1.807, 2.05) is 32.9 Å². The van der Waals surface area contributed by atoms with Crippen LogP contribution in [0.4, 0.5) is 10.5 Å². The minimum atomic E-state index is -0.468.